The number of aromatic nitrogens is 1. The highest BCUT2D eigenvalue weighted by Crippen LogP contribution is 2.23. The average molecular weight is 474 g/mol. The van der Waals surface area contributed by atoms with E-state index in [-0.39, 0.29) is 10.8 Å². The van der Waals surface area contributed by atoms with Crippen molar-refractivity contribution in [1.29, 1.82) is 0 Å². The Kier molecular flexibility index (Phi) is 6.16. The normalized spacial score (nSPS) is 11.5. The second-order valence-electron chi connectivity index (χ2n) is 6.61. The lowest BCUT2D eigenvalue weighted by atomic mass is 10.1. The summed E-state index contributed by atoms with van der Waals surface area (Å²) in [6, 6.07) is 17.4. The van der Waals surface area contributed by atoms with Crippen LogP contribution in [0.3, 0.4) is 0 Å². The van der Waals surface area contributed by atoms with Crippen LogP contribution in [0.1, 0.15) is 16.1 Å². The van der Waals surface area contributed by atoms with Crippen molar-refractivity contribution in [2.75, 3.05) is 19.4 Å². The van der Waals surface area contributed by atoms with Gasteiger partial charge in [-0.25, -0.2) is 12.7 Å². The third-order valence-electron chi connectivity index (χ3n) is 4.34. The smallest absolute Gasteiger partial charge is 0.257 e. The molecule has 0 spiro atoms. The molecule has 1 heterocycles. The summed E-state index contributed by atoms with van der Waals surface area (Å²) < 4.78 is 26.4. The summed E-state index contributed by atoms with van der Waals surface area (Å²) in [4.78, 5) is 17.4. The van der Waals surface area contributed by atoms with Crippen LogP contribution in [0.25, 0.3) is 11.3 Å². The second-order valence-corrected chi connectivity index (χ2v) is 9.67. The zero-order valence-corrected chi connectivity index (χ0v) is 18.6. The minimum atomic E-state index is -3.51. The lowest BCUT2D eigenvalue weighted by Crippen LogP contribution is -2.22. The first-order valence-corrected chi connectivity index (χ1v) is 11.0. The van der Waals surface area contributed by atoms with Gasteiger partial charge in [0.15, 0.2) is 0 Å². The maximum atomic E-state index is 12.6. The Morgan fingerprint density at radius 2 is 1.72 bits per heavy atom. The van der Waals surface area contributed by atoms with Crippen molar-refractivity contribution in [2.24, 2.45) is 0 Å². The lowest BCUT2D eigenvalue weighted by Gasteiger charge is -2.12. The molecule has 3 aromatic rings. The summed E-state index contributed by atoms with van der Waals surface area (Å²) in [5.41, 5.74) is 3.29. The summed E-state index contributed by atoms with van der Waals surface area (Å²) in [6.07, 6.45) is 0. The van der Waals surface area contributed by atoms with Crippen molar-refractivity contribution < 1.29 is 13.2 Å². The molecule has 0 saturated heterocycles. The number of hydrogen-bond acceptors (Lipinski definition) is 4. The number of sulfonamides is 1. The van der Waals surface area contributed by atoms with Crippen molar-refractivity contribution >= 4 is 37.5 Å². The number of carbonyl (C=O) groups is 1. The fourth-order valence-electron chi connectivity index (χ4n) is 2.73. The molecule has 0 saturated carbocycles. The number of pyridine rings is 1. The molecular weight excluding hydrogens is 454 g/mol. The fourth-order valence-corrected chi connectivity index (χ4v) is 4.03. The van der Waals surface area contributed by atoms with Crippen LogP contribution in [0.4, 0.5) is 5.69 Å². The molecule has 8 heteroatoms. The minimum absolute atomic E-state index is 0.164. The SMILES string of the molecule is Cc1nc(-c2cccc(Br)c2)ccc1C(=O)Nc1ccc(S(=O)(=O)N(C)C)cc1. The Hall–Kier alpha value is -2.55. The summed E-state index contributed by atoms with van der Waals surface area (Å²) >= 11 is 3.45. The molecule has 150 valence electrons. The molecule has 0 radical (unpaired) electrons. The number of rotatable bonds is 5. The molecule has 2 aromatic carbocycles. The third-order valence-corrected chi connectivity index (χ3v) is 6.66. The molecule has 0 fully saturated rings. The van der Waals surface area contributed by atoms with Gasteiger partial charge >= 0.3 is 0 Å². The van der Waals surface area contributed by atoms with E-state index in [1.54, 1.807) is 31.2 Å². The zero-order chi connectivity index (χ0) is 21.2. The first-order valence-electron chi connectivity index (χ1n) is 8.76. The van der Waals surface area contributed by atoms with Gasteiger partial charge in [-0.1, -0.05) is 28.1 Å². The molecule has 6 nitrogen and oxygen atoms in total. The average Bonchev–Trinajstić information content (AvgIpc) is 2.68. The van der Waals surface area contributed by atoms with Crippen LogP contribution in [-0.2, 0) is 10.0 Å². The zero-order valence-electron chi connectivity index (χ0n) is 16.2. The van der Waals surface area contributed by atoms with Gasteiger partial charge in [-0.15, -0.1) is 0 Å². The van der Waals surface area contributed by atoms with Crippen LogP contribution in [0.2, 0.25) is 0 Å². The number of benzene rings is 2. The highest BCUT2D eigenvalue weighted by atomic mass is 79.9. The number of anilines is 1. The van der Waals surface area contributed by atoms with Crippen LogP contribution in [0, 0.1) is 6.92 Å². The summed E-state index contributed by atoms with van der Waals surface area (Å²) in [7, 11) is -0.566. The Morgan fingerprint density at radius 3 is 2.31 bits per heavy atom. The van der Waals surface area contributed by atoms with Gasteiger partial charge in [0.05, 0.1) is 21.8 Å². The molecule has 0 aliphatic rings. The van der Waals surface area contributed by atoms with Crippen LogP contribution in [-0.4, -0.2) is 37.7 Å². The first kappa shape index (κ1) is 21.2. The highest BCUT2D eigenvalue weighted by Gasteiger charge is 2.17. The predicted octanol–water partition coefficient (Wildman–Crippen LogP) is 4.32. The van der Waals surface area contributed by atoms with E-state index in [0.29, 0.717) is 16.9 Å². The largest absolute Gasteiger partial charge is 0.322 e. The van der Waals surface area contributed by atoms with Crippen molar-refractivity contribution in [2.45, 2.75) is 11.8 Å². The van der Waals surface area contributed by atoms with E-state index in [2.05, 4.69) is 26.2 Å². The molecular formula is C21H20BrN3O3S. The standard InChI is InChI=1S/C21H20BrN3O3S/c1-14-19(11-12-20(23-14)15-5-4-6-16(22)13-15)21(26)24-17-7-9-18(10-8-17)29(27,28)25(2)3/h4-13H,1-3H3,(H,24,26). The maximum absolute atomic E-state index is 12.6. The van der Waals surface area contributed by atoms with Crippen LogP contribution >= 0.6 is 15.9 Å². The van der Waals surface area contributed by atoms with E-state index in [0.717, 1.165) is 20.0 Å². The first-order chi connectivity index (χ1) is 13.7. The Labute approximate surface area is 178 Å². The van der Waals surface area contributed by atoms with E-state index in [1.165, 1.54) is 26.2 Å². The number of carbonyl (C=O) groups excluding carboxylic acids is 1. The van der Waals surface area contributed by atoms with Gasteiger partial charge in [0, 0.05) is 29.8 Å². The topological polar surface area (TPSA) is 79.4 Å². The van der Waals surface area contributed by atoms with Crippen molar-refractivity contribution in [3.63, 3.8) is 0 Å². The number of halogens is 1. The van der Waals surface area contributed by atoms with Gasteiger partial charge < -0.3 is 5.32 Å². The molecule has 1 aromatic heterocycles. The summed E-state index contributed by atoms with van der Waals surface area (Å²) in [5.74, 6) is -0.306. The molecule has 0 bridgehead atoms. The molecule has 0 unspecified atom stereocenters. The predicted molar refractivity (Wildman–Crippen MR) is 117 cm³/mol. The highest BCUT2D eigenvalue weighted by molar-refractivity contribution is 9.10. The van der Waals surface area contributed by atoms with E-state index in [1.807, 2.05) is 24.3 Å². The van der Waals surface area contributed by atoms with Crippen molar-refractivity contribution in [1.82, 2.24) is 9.29 Å². The number of nitrogens with one attached hydrogen (secondary N) is 1. The lowest BCUT2D eigenvalue weighted by molar-refractivity contribution is 0.102. The Balaban J connectivity index is 1.79. The van der Waals surface area contributed by atoms with Gasteiger partial charge in [-0.3, -0.25) is 9.78 Å². The van der Waals surface area contributed by atoms with Gasteiger partial charge in [0.1, 0.15) is 0 Å². The molecule has 1 N–H and O–H groups in total. The van der Waals surface area contributed by atoms with E-state index in [4.69, 9.17) is 0 Å². The van der Waals surface area contributed by atoms with Crippen molar-refractivity contribution in [3.05, 3.63) is 76.4 Å². The van der Waals surface area contributed by atoms with Crippen LogP contribution in [0.15, 0.2) is 70.0 Å². The maximum Gasteiger partial charge on any atom is 0.257 e. The van der Waals surface area contributed by atoms with Crippen molar-refractivity contribution in [3.8, 4) is 11.3 Å². The Morgan fingerprint density at radius 1 is 1.03 bits per heavy atom. The van der Waals surface area contributed by atoms with Gasteiger partial charge in [-0.05, 0) is 55.5 Å². The van der Waals surface area contributed by atoms with Gasteiger partial charge in [0.25, 0.3) is 5.91 Å². The summed E-state index contributed by atoms with van der Waals surface area (Å²) in [6.45, 7) is 1.78. The molecule has 0 atom stereocenters. The van der Waals surface area contributed by atoms with E-state index in [9.17, 15) is 13.2 Å². The molecule has 0 aliphatic heterocycles. The minimum Gasteiger partial charge on any atom is -0.322 e. The molecule has 29 heavy (non-hydrogen) atoms. The molecule has 0 aliphatic carbocycles. The third kappa shape index (κ3) is 4.72. The monoisotopic (exact) mass is 473 g/mol. The van der Waals surface area contributed by atoms with Gasteiger partial charge in [-0.2, -0.15) is 0 Å². The quantitative estimate of drug-likeness (QED) is 0.598. The number of nitrogens with zero attached hydrogens (tertiary/aromatic N) is 2. The van der Waals surface area contributed by atoms with Crippen LogP contribution in [0.5, 0.6) is 0 Å². The molecule has 1 amide bonds. The fraction of sp³-hybridized carbons (Fsp3) is 0.143. The second kappa shape index (κ2) is 8.44. The van der Waals surface area contributed by atoms with Gasteiger partial charge in [0.2, 0.25) is 10.0 Å². The number of aryl methyl sites for hydroxylation is 1. The molecule has 3 rings (SSSR count). The Bertz CT molecular complexity index is 1160. The number of amides is 1. The van der Waals surface area contributed by atoms with E-state index < -0.39 is 10.0 Å². The number of hydrogen-bond donors (Lipinski definition) is 1. The summed E-state index contributed by atoms with van der Waals surface area (Å²) in [5, 5.41) is 2.78. The van der Waals surface area contributed by atoms with Crippen LogP contribution < -0.4 is 5.32 Å². The van der Waals surface area contributed by atoms with E-state index >= 15 is 0 Å².